The van der Waals surface area contributed by atoms with Gasteiger partial charge in [-0.3, -0.25) is 9.69 Å². The van der Waals surface area contributed by atoms with Gasteiger partial charge in [-0.1, -0.05) is 12.8 Å². The molecule has 0 aromatic carbocycles. The maximum atomic E-state index is 12.4. The fourth-order valence-corrected chi connectivity index (χ4v) is 5.44. The lowest BCUT2D eigenvalue weighted by Crippen LogP contribution is -2.39. The fourth-order valence-electron chi connectivity index (χ4n) is 2.59. The van der Waals surface area contributed by atoms with E-state index in [1.807, 2.05) is 6.07 Å². The summed E-state index contributed by atoms with van der Waals surface area (Å²) in [5.41, 5.74) is 0.734. The molecular formula is C13H17Br2NO2S. The van der Waals surface area contributed by atoms with E-state index in [1.54, 1.807) is 0 Å². The highest BCUT2D eigenvalue weighted by atomic mass is 79.9. The minimum atomic E-state index is 0.109. The van der Waals surface area contributed by atoms with Crippen molar-refractivity contribution in [1.82, 2.24) is 4.90 Å². The monoisotopic (exact) mass is 409 g/mol. The number of ketones is 1. The lowest BCUT2D eigenvalue weighted by Gasteiger charge is -2.27. The Morgan fingerprint density at radius 1 is 1.42 bits per heavy atom. The van der Waals surface area contributed by atoms with E-state index in [1.165, 1.54) is 24.2 Å². The number of hydrogen-bond acceptors (Lipinski definition) is 4. The first-order valence-corrected chi connectivity index (χ1v) is 8.85. The predicted octanol–water partition coefficient (Wildman–Crippen LogP) is 3.69. The van der Waals surface area contributed by atoms with Gasteiger partial charge in [0, 0.05) is 18.2 Å². The lowest BCUT2D eigenvalue weighted by atomic mass is 10.1. The van der Waals surface area contributed by atoms with Crippen LogP contribution in [0, 0.1) is 0 Å². The Kier molecular flexibility index (Phi) is 6.02. The Morgan fingerprint density at radius 3 is 2.63 bits per heavy atom. The van der Waals surface area contributed by atoms with Crippen molar-refractivity contribution < 1.29 is 9.90 Å². The van der Waals surface area contributed by atoms with Crippen molar-refractivity contribution in [2.24, 2.45) is 0 Å². The first kappa shape index (κ1) is 15.6. The second-order valence-electron chi connectivity index (χ2n) is 4.79. The standard InChI is InChI=1S/C13H17Br2NO2S/c14-12-7-10(13(15)19-12)11(18)8-16(5-6-17)9-3-1-2-4-9/h7,9,17H,1-6,8H2. The molecule has 0 spiro atoms. The number of halogens is 2. The van der Waals surface area contributed by atoms with Gasteiger partial charge in [-0.2, -0.15) is 0 Å². The molecule has 1 aromatic heterocycles. The zero-order valence-electron chi connectivity index (χ0n) is 10.6. The van der Waals surface area contributed by atoms with Crippen LogP contribution in [0.4, 0.5) is 0 Å². The normalized spacial score (nSPS) is 16.4. The molecule has 19 heavy (non-hydrogen) atoms. The second-order valence-corrected chi connectivity index (χ2v) is 8.54. The van der Waals surface area contributed by atoms with Crippen LogP contribution in [0.2, 0.25) is 0 Å². The Labute approximate surface area is 134 Å². The Balaban J connectivity index is 2.03. The Bertz CT molecular complexity index is 444. The summed E-state index contributed by atoms with van der Waals surface area (Å²) in [6, 6.07) is 2.32. The molecule has 6 heteroatoms. The number of carbonyl (C=O) groups is 1. The van der Waals surface area contributed by atoms with Crippen LogP contribution in [0.1, 0.15) is 36.0 Å². The van der Waals surface area contributed by atoms with Gasteiger partial charge < -0.3 is 5.11 Å². The summed E-state index contributed by atoms with van der Waals surface area (Å²) in [6.07, 6.45) is 4.74. The van der Waals surface area contributed by atoms with Crippen molar-refractivity contribution in [3.8, 4) is 0 Å². The number of aliphatic hydroxyl groups excluding tert-OH is 1. The fraction of sp³-hybridized carbons (Fsp3) is 0.615. The average molecular weight is 411 g/mol. The van der Waals surface area contributed by atoms with E-state index in [0.717, 1.165) is 26.0 Å². The first-order chi connectivity index (χ1) is 9.11. The molecule has 1 aliphatic rings. The smallest absolute Gasteiger partial charge is 0.178 e. The summed E-state index contributed by atoms with van der Waals surface area (Å²) in [6.45, 7) is 1.09. The highest BCUT2D eigenvalue weighted by molar-refractivity contribution is 9.12. The van der Waals surface area contributed by atoms with Crippen molar-refractivity contribution in [2.75, 3.05) is 19.7 Å². The van der Waals surface area contributed by atoms with Gasteiger partial charge in [0.2, 0.25) is 0 Å². The third-order valence-electron chi connectivity index (χ3n) is 3.53. The molecular weight excluding hydrogens is 394 g/mol. The van der Waals surface area contributed by atoms with Crippen LogP contribution >= 0.6 is 43.2 Å². The van der Waals surface area contributed by atoms with E-state index in [2.05, 4.69) is 36.8 Å². The number of rotatable bonds is 6. The van der Waals surface area contributed by atoms with Crippen molar-refractivity contribution in [3.05, 3.63) is 19.2 Å². The van der Waals surface area contributed by atoms with Gasteiger partial charge in [-0.05, 0) is 50.8 Å². The molecule has 0 amide bonds. The minimum absolute atomic E-state index is 0.109. The zero-order chi connectivity index (χ0) is 13.8. The van der Waals surface area contributed by atoms with Crippen LogP contribution < -0.4 is 0 Å². The van der Waals surface area contributed by atoms with Crippen LogP contribution in [-0.4, -0.2) is 41.5 Å². The van der Waals surface area contributed by atoms with E-state index in [0.29, 0.717) is 19.1 Å². The molecule has 106 valence electrons. The number of nitrogens with zero attached hydrogens (tertiary/aromatic N) is 1. The molecule has 1 aromatic rings. The number of Topliss-reactive ketones (excluding diaryl/α,β-unsaturated/α-hetero) is 1. The molecule has 1 saturated carbocycles. The van der Waals surface area contributed by atoms with Gasteiger partial charge in [0.15, 0.2) is 5.78 Å². The van der Waals surface area contributed by atoms with Gasteiger partial charge in [0.1, 0.15) is 0 Å². The number of thiophene rings is 1. The summed E-state index contributed by atoms with van der Waals surface area (Å²) >= 11 is 8.34. The summed E-state index contributed by atoms with van der Waals surface area (Å²) in [5.74, 6) is 0.120. The second kappa shape index (κ2) is 7.31. The maximum absolute atomic E-state index is 12.4. The lowest BCUT2D eigenvalue weighted by molar-refractivity contribution is 0.0862. The first-order valence-electron chi connectivity index (χ1n) is 6.44. The molecule has 0 atom stereocenters. The molecule has 1 heterocycles. The Hall–Kier alpha value is 0.250. The summed E-state index contributed by atoms with van der Waals surface area (Å²) < 4.78 is 1.83. The molecule has 0 aliphatic heterocycles. The summed E-state index contributed by atoms with van der Waals surface area (Å²) in [4.78, 5) is 14.5. The number of carbonyl (C=O) groups excluding carboxylic acids is 1. The molecule has 0 bridgehead atoms. The van der Waals surface area contributed by atoms with Crippen LogP contribution in [0.3, 0.4) is 0 Å². The van der Waals surface area contributed by atoms with Gasteiger partial charge >= 0.3 is 0 Å². The van der Waals surface area contributed by atoms with E-state index < -0.39 is 0 Å². The third kappa shape index (κ3) is 4.11. The number of aliphatic hydroxyl groups is 1. The van der Waals surface area contributed by atoms with Crippen LogP contribution in [0.25, 0.3) is 0 Å². The molecule has 1 aliphatic carbocycles. The maximum Gasteiger partial charge on any atom is 0.178 e. The van der Waals surface area contributed by atoms with Crippen LogP contribution in [0.15, 0.2) is 13.6 Å². The van der Waals surface area contributed by atoms with Crippen LogP contribution in [0.5, 0.6) is 0 Å². The molecule has 1 N–H and O–H groups in total. The van der Waals surface area contributed by atoms with Crippen LogP contribution in [-0.2, 0) is 0 Å². The summed E-state index contributed by atoms with van der Waals surface area (Å²) in [5, 5.41) is 9.17. The van der Waals surface area contributed by atoms with Crippen molar-refractivity contribution in [3.63, 3.8) is 0 Å². The van der Waals surface area contributed by atoms with E-state index in [-0.39, 0.29) is 12.4 Å². The highest BCUT2D eigenvalue weighted by Gasteiger charge is 2.25. The summed E-state index contributed by atoms with van der Waals surface area (Å²) in [7, 11) is 0. The molecule has 2 rings (SSSR count). The van der Waals surface area contributed by atoms with E-state index in [9.17, 15) is 9.90 Å². The molecule has 1 fully saturated rings. The topological polar surface area (TPSA) is 40.5 Å². The molecule has 0 unspecified atom stereocenters. The molecule has 3 nitrogen and oxygen atoms in total. The van der Waals surface area contributed by atoms with E-state index >= 15 is 0 Å². The average Bonchev–Trinajstić information content (AvgIpc) is 2.98. The van der Waals surface area contributed by atoms with Gasteiger partial charge in [-0.15, -0.1) is 11.3 Å². The minimum Gasteiger partial charge on any atom is -0.395 e. The quantitative estimate of drug-likeness (QED) is 0.727. The van der Waals surface area contributed by atoms with Crippen molar-refractivity contribution in [2.45, 2.75) is 31.7 Å². The van der Waals surface area contributed by atoms with Crippen molar-refractivity contribution in [1.29, 1.82) is 0 Å². The van der Waals surface area contributed by atoms with E-state index in [4.69, 9.17) is 0 Å². The molecule has 0 saturated heterocycles. The largest absolute Gasteiger partial charge is 0.395 e. The SMILES string of the molecule is O=C(CN(CCO)C1CCCC1)c1cc(Br)sc1Br. The predicted molar refractivity (Wildman–Crippen MR) is 85.0 cm³/mol. The molecule has 0 radical (unpaired) electrons. The van der Waals surface area contributed by atoms with Crippen molar-refractivity contribution >= 4 is 49.0 Å². The Morgan fingerprint density at radius 2 is 2.11 bits per heavy atom. The number of hydrogen-bond donors (Lipinski definition) is 1. The third-order valence-corrected chi connectivity index (χ3v) is 5.87. The highest BCUT2D eigenvalue weighted by Crippen LogP contribution is 2.32. The van der Waals surface area contributed by atoms with Gasteiger partial charge in [0.25, 0.3) is 0 Å². The van der Waals surface area contributed by atoms with Gasteiger partial charge in [0.05, 0.1) is 20.7 Å². The van der Waals surface area contributed by atoms with Gasteiger partial charge in [-0.25, -0.2) is 0 Å². The zero-order valence-corrected chi connectivity index (χ0v) is 14.6.